The third-order valence-corrected chi connectivity index (χ3v) is 4.24. The summed E-state index contributed by atoms with van der Waals surface area (Å²) in [5, 5.41) is 11.4. The average molecular weight is 341 g/mol. The summed E-state index contributed by atoms with van der Waals surface area (Å²) >= 11 is 0. The highest BCUT2D eigenvalue weighted by Gasteiger charge is 2.13. The summed E-state index contributed by atoms with van der Waals surface area (Å²) < 4.78 is 1.96. The van der Waals surface area contributed by atoms with Crippen molar-refractivity contribution < 1.29 is 0 Å². The minimum absolute atomic E-state index is 0.0596. The van der Waals surface area contributed by atoms with E-state index in [1.165, 1.54) is 16.7 Å². The summed E-state index contributed by atoms with van der Waals surface area (Å²) in [6.07, 6.45) is 7.11. The molecule has 1 N–H and O–H groups in total. The Morgan fingerprint density at radius 1 is 0.808 bits per heavy atom. The molecule has 0 aliphatic carbocycles. The van der Waals surface area contributed by atoms with Gasteiger partial charge in [-0.25, -0.2) is 0 Å². The molecule has 0 amide bonds. The van der Waals surface area contributed by atoms with Gasteiger partial charge in [-0.15, -0.1) is 10.2 Å². The van der Waals surface area contributed by atoms with Gasteiger partial charge < -0.3 is 9.88 Å². The fourth-order valence-electron chi connectivity index (χ4n) is 3.00. The van der Waals surface area contributed by atoms with Crippen LogP contribution in [0.1, 0.15) is 22.7 Å². The fraction of sp³-hybridized carbons (Fsp3) is 0.0952. The van der Waals surface area contributed by atoms with Crippen LogP contribution in [0.15, 0.2) is 91.8 Å². The third kappa shape index (κ3) is 3.78. The molecule has 2 aromatic heterocycles. The van der Waals surface area contributed by atoms with Crippen LogP contribution < -0.4 is 5.32 Å². The Hall–Kier alpha value is -3.47. The van der Waals surface area contributed by atoms with Gasteiger partial charge in [0.2, 0.25) is 0 Å². The van der Waals surface area contributed by atoms with Crippen LogP contribution in [-0.4, -0.2) is 19.7 Å². The molecule has 26 heavy (non-hydrogen) atoms. The number of nitrogens with one attached hydrogen (secondary N) is 1. The molecular weight excluding hydrogens is 322 g/mol. The van der Waals surface area contributed by atoms with Crippen molar-refractivity contribution in [1.29, 1.82) is 0 Å². The van der Waals surface area contributed by atoms with E-state index < -0.39 is 0 Å². The van der Waals surface area contributed by atoms with Gasteiger partial charge in [0.15, 0.2) is 0 Å². The molecule has 2 heterocycles. The summed E-state index contributed by atoms with van der Waals surface area (Å²) in [5.41, 5.74) is 4.65. The molecule has 4 rings (SSSR count). The fourth-order valence-corrected chi connectivity index (χ4v) is 3.00. The molecule has 0 aliphatic rings. The normalized spacial score (nSPS) is 11.8. The lowest BCUT2D eigenvalue weighted by atomic mass is 9.99. The first-order valence-corrected chi connectivity index (χ1v) is 8.51. The average Bonchev–Trinajstić information content (AvgIpc) is 3.21. The van der Waals surface area contributed by atoms with E-state index in [2.05, 4.69) is 69.0 Å². The Kier molecular flexibility index (Phi) is 4.69. The van der Waals surface area contributed by atoms with Crippen LogP contribution in [0.5, 0.6) is 0 Å². The SMILES string of the molecule is c1ccc(C(Nc2cccc(Cn3cnnc3)c2)c2ccncc2)cc1. The number of hydrogen-bond acceptors (Lipinski definition) is 4. The Balaban J connectivity index is 1.62. The summed E-state index contributed by atoms with van der Waals surface area (Å²) in [6, 6.07) is 23.0. The second-order valence-electron chi connectivity index (χ2n) is 6.10. The largest absolute Gasteiger partial charge is 0.374 e. The van der Waals surface area contributed by atoms with E-state index in [-0.39, 0.29) is 6.04 Å². The lowest BCUT2D eigenvalue weighted by molar-refractivity contribution is 0.794. The quantitative estimate of drug-likeness (QED) is 0.577. The van der Waals surface area contributed by atoms with Crippen molar-refractivity contribution in [2.75, 3.05) is 5.32 Å². The first-order chi connectivity index (χ1) is 12.9. The van der Waals surface area contributed by atoms with Gasteiger partial charge >= 0.3 is 0 Å². The third-order valence-electron chi connectivity index (χ3n) is 4.24. The lowest BCUT2D eigenvalue weighted by Crippen LogP contribution is -2.12. The molecular formula is C21H19N5. The molecule has 5 heteroatoms. The van der Waals surface area contributed by atoms with Crippen molar-refractivity contribution in [1.82, 2.24) is 19.7 Å². The van der Waals surface area contributed by atoms with Crippen LogP contribution in [0.3, 0.4) is 0 Å². The standard InChI is InChI=1S/C21H19N5/c1-2-6-18(7-3-1)21(19-9-11-22-12-10-19)25-20-8-4-5-17(13-20)14-26-15-23-24-16-26/h1-13,15-16,21,25H,14H2. The zero-order chi connectivity index (χ0) is 17.6. The van der Waals surface area contributed by atoms with E-state index in [0.717, 1.165) is 12.2 Å². The summed E-state index contributed by atoms with van der Waals surface area (Å²) in [6.45, 7) is 0.744. The first-order valence-electron chi connectivity index (χ1n) is 8.51. The van der Waals surface area contributed by atoms with Gasteiger partial charge in [0, 0.05) is 18.1 Å². The highest BCUT2D eigenvalue weighted by molar-refractivity contribution is 5.50. The predicted octanol–water partition coefficient (Wildman–Crippen LogP) is 3.92. The smallest absolute Gasteiger partial charge is 0.119 e. The molecule has 0 bridgehead atoms. The lowest BCUT2D eigenvalue weighted by Gasteiger charge is -2.21. The van der Waals surface area contributed by atoms with E-state index in [1.54, 1.807) is 12.7 Å². The molecule has 1 unspecified atom stereocenters. The van der Waals surface area contributed by atoms with E-state index in [9.17, 15) is 0 Å². The van der Waals surface area contributed by atoms with Crippen LogP contribution in [-0.2, 0) is 6.54 Å². The highest BCUT2D eigenvalue weighted by atomic mass is 15.2. The molecule has 0 saturated carbocycles. The number of hydrogen-bond donors (Lipinski definition) is 1. The maximum absolute atomic E-state index is 4.14. The summed E-state index contributed by atoms with van der Waals surface area (Å²) in [7, 11) is 0. The molecule has 2 aromatic carbocycles. The molecule has 0 spiro atoms. The highest BCUT2D eigenvalue weighted by Crippen LogP contribution is 2.26. The van der Waals surface area contributed by atoms with Crippen LogP contribution in [0.25, 0.3) is 0 Å². The van der Waals surface area contributed by atoms with Gasteiger partial charge in [0.1, 0.15) is 12.7 Å². The second-order valence-corrected chi connectivity index (χ2v) is 6.10. The van der Waals surface area contributed by atoms with Crippen molar-refractivity contribution in [3.8, 4) is 0 Å². The van der Waals surface area contributed by atoms with Gasteiger partial charge in [0.05, 0.1) is 12.6 Å². The van der Waals surface area contributed by atoms with Crippen molar-refractivity contribution >= 4 is 5.69 Å². The molecule has 4 aromatic rings. The summed E-state index contributed by atoms with van der Waals surface area (Å²) in [5.74, 6) is 0. The van der Waals surface area contributed by atoms with Crippen LogP contribution in [0.4, 0.5) is 5.69 Å². The van der Waals surface area contributed by atoms with Gasteiger partial charge in [-0.05, 0) is 41.0 Å². The molecule has 5 nitrogen and oxygen atoms in total. The predicted molar refractivity (Wildman–Crippen MR) is 102 cm³/mol. The maximum atomic E-state index is 4.14. The molecule has 128 valence electrons. The van der Waals surface area contributed by atoms with Crippen LogP contribution >= 0.6 is 0 Å². The van der Waals surface area contributed by atoms with E-state index >= 15 is 0 Å². The maximum Gasteiger partial charge on any atom is 0.119 e. The molecule has 0 radical (unpaired) electrons. The zero-order valence-corrected chi connectivity index (χ0v) is 14.2. The minimum atomic E-state index is 0.0596. The van der Waals surface area contributed by atoms with Gasteiger partial charge in [-0.1, -0.05) is 42.5 Å². The van der Waals surface area contributed by atoms with Gasteiger partial charge in [0.25, 0.3) is 0 Å². The van der Waals surface area contributed by atoms with Crippen LogP contribution in [0, 0.1) is 0 Å². The molecule has 0 aliphatic heterocycles. The Labute approximate surface area is 152 Å². The van der Waals surface area contributed by atoms with Crippen LogP contribution in [0.2, 0.25) is 0 Å². The topological polar surface area (TPSA) is 55.6 Å². The minimum Gasteiger partial charge on any atom is -0.374 e. The number of aromatic nitrogens is 4. The molecule has 0 saturated heterocycles. The van der Waals surface area contributed by atoms with Gasteiger partial charge in [-0.2, -0.15) is 0 Å². The number of pyridine rings is 1. The second kappa shape index (κ2) is 7.61. The number of rotatable bonds is 6. The number of anilines is 1. The Bertz CT molecular complexity index is 897. The Morgan fingerprint density at radius 3 is 2.31 bits per heavy atom. The molecule has 0 fully saturated rings. The Morgan fingerprint density at radius 2 is 1.54 bits per heavy atom. The van der Waals surface area contributed by atoms with Crippen molar-refractivity contribution in [3.05, 3.63) is 108 Å². The first kappa shape index (κ1) is 16.0. The van der Waals surface area contributed by atoms with Crippen molar-refractivity contribution in [2.24, 2.45) is 0 Å². The summed E-state index contributed by atoms with van der Waals surface area (Å²) in [4.78, 5) is 4.14. The monoisotopic (exact) mass is 341 g/mol. The molecule has 1 atom stereocenters. The van der Waals surface area contributed by atoms with Crippen molar-refractivity contribution in [3.63, 3.8) is 0 Å². The zero-order valence-electron chi connectivity index (χ0n) is 14.2. The van der Waals surface area contributed by atoms with E-state index in [4.69, 9.17) is 0 Å². The van der Waals surface area contributed by atoms with Crippen molar-refractivity contribution in [2.45, 2.75) is 12.6 Å². The number of benzene rings is 2. The number of nitrogens with zero attached hydrogens (tertiary/aromatic N) is 4. The van der Waals surface area contributed by atoms with E-state index in [0.29, 0.717) is 0 Å². The van der Waals surface area contributed by atoms with Gasteiger partial charge in [-0.3, -0.25) is 4.98 Å². The van der Waals surface area contributed by atoms with E-state index in [1.807, 2.05) is 35.2 Å².